The summed E-state index contributed by atoms with van der Waals surface area (Å²) in [5, 5.41) is 3.45. The van der Waals surface area contributed by atoms with E-state index < -0.39 is 0 Å². The first-order chi connectivity index (χ1) is 14.7. The first-order valence-corrected chi connectivity index (χ1v) is 10.0. The maximum absolute atomic E-state index is 6.04. The molecule has 0 bridgehead atoms. The number of aryl methyl sites for hydroxylation is 1. The summed E-state index contributed by atoms with van der Waals surface area (Å²) in [6.07, 6.45) is 5.34. The van der Waals surface area contributed by atoms with Gasteiger partial charge in [0.05, 0.1) is 20.3 Å². The normalized spacial score (nSPS) is 16.7. The van der Waals surface area contributed by atoms with Crippen LogP contribution in [0.5, 0.6) is 11.5 Å². The summed E-state index contributed by atoms with van der Waals surface area (Å²) >= 11 is 0. The highest BCUT2D eigenvalue weighted by Gasteiger charge is 2.25. The van der Waals surface area contributed by atoms with Crippen LogP contribution in [0.25, 0.3) is 0 Å². The summed E-state index contributed by atoms with van der Waals surface area (Å²) in [6.45, 7) is 5.13. The van der Waals surface area contributed by atoms with E-state index in [0.29, 0.717) is 24.7 Å². The Hall–Kier alpha value is -3.17. The summed E-state index contributed by atoms with van der Waals surface area (Å²) in [5.74, 6) is 4.62. The Morgan fingerprint density at radius 2 is 2.13 bits per heavy atom. The van der Waals surface area contributed by atoms with Crippen molar-refractivity contribution >= 4 is 5.96 Å². The molecule has 1 atom stereocenters. The molecule has 1 N–H and O–H groups in total. The molecule has 158 valence electrons. The van der Waals surface area contributed by atoms with Crippen molar-refractivity contribution in [2.24, 2.45) is 4.99 Å². The molecule has 0 spiro atoms. The number of nitrogens with one attached hydrogen (secondary N) is 1. The van der Waals surface area contributed by atoms with Crippen molar-refractivity contribution in [3.63, 3.8) is 0 Å². The minimum absolute atomic E-state index is 0.0308. The molecule has 0 aliphatic carbocycles. The second kappa shape index (κ2) is 10.6. The van der Waals surface area contributed by atoms with E-state index in [1.54, 1.807) is 14.2 Å². The number of guanidine groups is 1. The maximum atomic E-state index is 6.04. The minimum atomic E-state index is 0.0308. The molecule has 2 aromatic carbocycles. The largest absolute Gasteiger partial charge is 0.493 e. The lowest BCUT2D eigenvalue weighted by molar-refractivity contribution is -0.00833. The van der Waals surface area contributed by atoms with Crippen LogP contribution in [0, 0.1) is 19.3 Å². The van der Waals surface area contributed by atoms with Gasteiger partial charge in [-0.3, -0.25) is 4.99 Å². The molecule has 2 aromatic rings. The second-order valence-corrected chi connectivity index (χ2v) is 7.04. The first kappa shape index (κ1) is 21.5. The predicted molar refractivity (Wildman–Crippen MR) is 119 cm³/mol. The number of morpholine rings is 1. The summed E-state index contributed by atoms with van der Waals surface area (Å²) in [5.41, 5.74) is 3.51. The van der Waals surface area contributed by atoms with Gasteiger partial charge in [0.1, 0.15) is 12.7 Å². The quantitative estimate of drug-likeness (QED) is 0.453. The lowest BCUT2D eigenvalue weighted by Gasteiger charge is -2.35. The van der Waals surface area contributed by atoms with E-state index in [9.17, 15) is 0 Å². The van der Waals surface area contributed by atoms with Gasteiger partial charge in [0.2, 0.25) is 0 Å². The maximum Gasteiger partial charge on any atom is 0.194 e. The van der Waals surface area contributed by atoms with E-state index in [-0.39, 0.29) is 12.7 Å². The van der Waals surface area contributed by atoms with Crippen molar-refractivity contribution in [3.8, 4) is 23.8 Å². The standard InChI is InChI=1S/C24H29N3O3/c1-5-13-29-22-15-19(10-11-21(22)28-4)16-26-24(25-3)27-12-14-30-23(17-27)20-9-7-6-8-18(20)2/h1,6-11,15,23H,12-14,16-17H2,2-4H3,(H,25,26). The van der Waals surface area contributed by atoms with Crippen molar-refractivity contribution < 1.29 is 14.2 Å². The highest BCUT2D eigenvalue weighted by atomic mass is 16.5. The van der Waals surface area contributed by atoms with Crippen molar-refractivity contribution in [2.75, 3.05) is 40.5 Å². The number of rotatable bonds is 6. The SMILES string of the molecule is C#CCOc1cc(CNC(=NC)N2CCOC(c3ccccc3C)C2)ccc1OC. The Morgan fingerprint density at radius 3 is 2.87 bits per heavy atom. The van der Waals surface area contributed by atoms with Crippen molar-refractivity contribution in [2.45, 2.75) is 19.6 Å². The van der Waals surface area contributed by atoms with Gasteiger partial charge in [-0.2, -0.15) is 0 Å². The van der Waals surface area contributed by atoms with Crippen LogP contribution in [0.2, 0.25) is 0 Å². The predicted octanol–water partition coefficient (Wildman–Crippen LogP) is 3.16. The van der Waals surface area contributed by atoms with Gasteiger partial charge >= 0.3 is 0 Å². The Labute approximate surface area is 178 Å². The molecule has 0 amide bonds. The molecule has 0 saturated carbocycles. The first-order valence-electron chi connectivity index (χ1n) is 10.0. The van der Waals surface area contributed by atoms with Crippen LogP contribution in [-0.2, 0) is 11.3 Å². The third-order valence-electron chi connectivity index (χ3n) is 5.10. The Morgan fingerprint density at radius 1 is 1.30 bits per heavy atom. The second-order valence-electron chi connectivity index (χ2n) is 7.04. The monoisotopic (exact) mass is 407 g/mol. The van der Waals surface area contributed by atoms with E-state index in [0.717, 1.165) is 24.6 Å². The lowest BCUT2D eigenvalue weighted by atomic mass is 10.0. The average molecular weight is 408 g/mol. The van der Waals surface area contributed by atoms with E-state index >= 15 is 0 Å². The fraction of sp³-hybridized carbons (Fsp3) is 0.375. The molecule has 0 aromatic heterocycles. The fourth-order valence-corrected chi connectivity index (χ4v) is 3.55. The molecule has 1 heterocycles. The van der Waals surface area contributed by atoms with Crippen LogP contribution in [0.1, 0.15) is 22.8 Å². The summed E-state index contributed by atoms with van der Waals surface area (Å²) in [4.78, 5) is 6.71. The average Bonchev–Trinajstić information content (AvgIpc) is 2.78. The van der Waals surface area contributed by atoms with E-state index in [1.807, 2.05) is 18.2 Å². The number of aliphatic imine (C=N–C) groups is 1. The molecule has 0 radical (unpaired) electrons. The van der Waals surface area contributed by atoms with Crippen LogP contribution < -0.4 is 14.8 Å². The molecule has 1 fully saturated rings. The summed E-state index contributed by atoms with van der Waals surface area (Å²) < 4.78 is 17.0. The molecule has 30 heavy (non-hydrogen) atoms. The molecular formula is C24H29N3O3. The molecule has 6 heteroatoms. The van der Waals surface area contributed by atoms with Crippen molar-refractivity contribution in [1.29, 1.82) is 0 Å². The third-order valence-corrected chi connectivity index (χ3v) is 5.10. The molecule has 6 nitrogen and oxygen atoms in total. The zero-order chi connectivity index (χ0) is 21.3. The van der Waals surface area contributed by atoms with E-state index in [2.05, 4.69) is 52.3 Å². The van der Waals surface area contributed by atoms with Gasteiger partial charge in [-0.05, 0) is 35.7 Å². The van der Waals surface area contributed by atoms with Crippen LogP contribution >= 0.6 is 0 Å². The van der Waals surface area contributed by atoms with E-state index in [1.165, 1.54) is 11.1 Å². The van der Waals surface area contributed by atoms with Crippen LogP contribution in [0.3, 0.4) is 0 Å². The smallest absolute Gasteiger partial charge is 0.194 e. The summed E-state index contributed by atoms with van der Waals surface area (Å²) in [7, 11) is 3.41. The highest BCUT2D eigenvalue weighted by Crippen LogP contribution is 2.28. The van der Waals surface area contributed by atoms with Gasteiger partial charge in [-0.25, -0.2) is 0 Å². The van der Waals surface area contributed by atoms with Crippen LogP contribution in [0.15, 0.2) is 47.5 Å². The van der Waals surface area contributed by atoms with Crippen molar-refractivity contribution in [1.82, 2.24) is 10.2 Å². The fourth-order valence-electron chi connectivity index (χ4n) is 3.55. The van der Waals surface area contributed by atoms with Gasteiger partial charge in [0.25, 0.3) is 0 Å². The number of terminal acetylenes is 1. The topological polar surface area (TPSA) is 55.3 Å². The van der Waals surface area contributed by atoms with Gasteiger partial charge in [-0.15, -0.1) is 6.42 Å². The molecule has 1 saturated heterocycles. The molecule has 1 aliphatic rings. The molecule has 1 unspecified atom stereocenters. The summed E-state index contributed by atoms with van der Waals surface area (Å²) in [6, 6.07) is 14.2. The van der Waals surface area contributed by atoms with Crippen molar-refractivity contribution in [3.05, 3.63) is 59.2 Å². The molecule has 1 aliphatic heterocycles. The van der Waals surface area contributed by atoms with Gasteiger partial charge in [-0.1, -0.05) is 36.3 Å². The molecular weight excluding hydrogens is 378 g/mol. The van der Waals surface area contributed by atoms with Gasteiger partial charge in [0, 0.05) is 20.1 Å². The zero-order valence-electron chi connectivity index (χ0n) is 17.9. The van der Waals surface area contributed by atoms with E-state index in [4.69, 9.17) is 20.6 Å². The number of ether oxygens (including phenoxy) is 3. The number of methoxy groups -OCH3 is 1. The number of hydrogen-bond acceptors (Lipinski definition) is 4. The third kappa shape index (κ3) is 5.25. The highest BCUT2D eigenvalue weighted by molar-refractivity contribution is 5.80. The Kier molecular flexibility index (Phi) is 7.58. The van der Waals surface area contributed by atoms with Gasteiger partial charge in [0.15, 0.2) is 17.5 Å². The number of hydrogen-bond donors (Lipinski definition) is 1. The lowest BCUT2D eigenvalue weighted by Crippen LogP contribution is -2.48. The Bertz CT molecular complexity index is 920. The van der Waals surface area contributed by atoms with Crippen LogP contribution in [0.4, 0.5) is 0 Å². The number of benzene rings is 2. The zero-order valence-corrected chi connectivity index (χ0v) is 17.9. The Balaban J connectivity index is 1.66. The number of nitrogens with zero attached hydrogens (tertiary/aromatic N) is 2. The van der Waals surface area contributed by atoms with Crippen LogP contribution in [-0.4, -0.2) is 51.3 Å². The molecule has 3 rings (SSSR count). The van der Waals surface area contributed by atoms with Gasteiger partial charge < -0.3 is 24.4 Å². The minimum Gasteiger partial charge on any atom is -0.493 e.